The first kappa shape index (κ1) is 33.4. The van der Waals surface area contributed by atoms with Gasteiger partial charge in [-0.25, -0.2) is 13.2 Å². The van der Waals surface area contributed by atoms with Gasteiger partial charge in [-0.1, -0.05) is 62.4 Å². The lowest BCUT2D eigenvalue weighted by Gasteiger charge is -2.09. The smallest absolute Gasteiger partial charge is 0.311 e. The molecular formula is C36H33F3NO4P. The average molecular weight is 632 g/mol. The minimum absolute atomic E-state index is 0.279. The standard InChI is InChI=1S/C36H33F3NO4P/c37-27-14-10-25(11-15-27)30-19-18-29(22-34(30)45)44-36(42)9-7-5-3-1-2-4-6-8-35(41)43-28-16-12-24(13-17-28)26-20-32(38)31(23-40)33(39)21-26/h10-22H,1-9,45H2. The monoisotopic (exact) mass is 631 g/mol. The molecule has 0 radical (unpaired) electrons. The summed E-state index contributed by atoms with van der Waals surface area (Å²) in [7, 11) is 2.62. The molecule has 0 saturated carbocycles. The Hall–Kier alpha value is -4.47. The number of esters is 2. The molecule has 0 bridgehead atoms. The van der Waals surface area contributed by atoms with Crippen LogP contribution in [0.4, 0.5) is 13.2 Å². The number of benzene rings is 4. The molecule has 0 fully saturated rings. The molecule has 0 spiro atoms. The van der Waals surface area contributed by atoms with Gasteiger partial charge in [-0.05, 0) is 88.9 Å². The number of nitrogens with zero attached hydrogens (tertiary/aromatic N) is 1. The summed E-state index contributed by atoms with van der Waals surface area (Å²) >= 11 is 0. The van der Waals surface area contributed by atoms with Crippen molar-refractivity contribution in [2.24, 2.45) is 0 Å². The molecule has 4 aromatic rings. The number of carbonyl (C=O) groups is 2. The maximum Gasteiger partial charge on any atom is 0.311 e. The van der Waals surface area contributed by atoms with E-state index in [0.29, 0.717) is 29.9 Å². The van der Waals surface area contributed by atoms with E-state index in [-0.39, 0.29) is 29.7 Å². The molecule has 0 heterocycles. The Morgan fingerprint density at radius 2 is 1.11 bits per heavy atom. The van der Waals surface area contributed by atoms with Crippen LogP contribution >= 0.6 is 9.24 Å². The van der Waals surface area contributed by atoms with E-state index in [1.807, 2.05) is 6.07 Å². The SMILES string of the molecule is N#Cc1c(F)cc(-c2ccc(OC(=O)CCCCCCCCCC(=O)Oc3ccc(-c4ccc(F)cc4)c(P)c3)cc2)cc1F. The van der Waals surface area contributed by atoms with Crippen LogP contribution < -0.4 is 14.8 Å². The predicted octanol–water partition coefficient (Wildman–Crippen LogP) is 8.83. The summed E-state index contributed by atoms with van der Waals surface area (Å²) in [6.45, 7) is 0. The number of rotatable bonds is 14. The molecule has 0 aliphatic rings. The van der Waals surface area contributed by atoms with Gasteiger partial charge in [-0.15, -0.1) is 9.24 Å². The maximum atomic E-state index is 13.9. The lowest BCUT2D eigenvalue weighted by Crippen LogP contribution is -2.09. The van der Waals surface area contributed by atoms with Gasteiger partial charge >= 0.3 is 11.9 Å². The van der Waals surface area contributed by atoms with Crippen molar-refractivity contribution >= 4 is 26.5 Å². The number of hydrogen-bond donors (Lipinski definition) is 0. The van der Waals surface area contributed by atoms with E-state index in [0.717, 1.165) is 67.1 Å². The maximum absolute atomic E-state index is 13.9. The zero-order chi connectivity index (χ0) is 32.2. The summed E-state index contributed by atoms with van der Waals surface area (Å²) in [5, 5.41) is 9.67. The molecular weight excluding hydrogens is 598 g/mol. The van der Waals surface area contributed by atoms with E-state index in [1.165, 1.54) is 18.2 Å². The van der Waals surface area contributed by atoms with Gasteiger partial charge in [0.25, 0.3) is 0 Å². The first-order valence-electron chi connectivity index (χ1n) is 14.8. The van der Waals surface area contributed by atoms with Gasteiger partial charge < -0.3 is 9.47 Å². The fraction of sp³-hybridized carbons (Fsp3) is 0.250. The molecule has 4 rings (SSSR count). The summed E-state index contributed by atoms with van der Waals surface area (Å²) in [6, 6.07) is 21.6. The molecule has 0 aromatic heterocycles. The molecule has 5 nitrogen and oxygen atoms in total. The van der Waals surface area contributed by atoms with Gasteiger partial charge in [0.15, 0.2) is 0 Å². The number of carbonyl (C=O) groups excluding carboxylic acids is 2. The number of nitriles is 1. The van der Waals surface area contributed by atoms with Crippen LogP contribution in [0.15, 0.2) is 78.9 Å². The van der Waals surface area contributed by atoms with Crippen LogP contribution in [0.3, 0.4) is 0 Å². The van der Waals surface area contributed by atoms with Crippen molar-refractivity contribution in [3.8, 4) is 39.8 Å². The van der Waals surface area contributed by atoms with Crippen LogP contribution in [0.5, 0.6) is 11.5 Å². The number of unbranched alkanes of at least 4 members (excludes halogenated alkanes) is 6. The zero-order valence-corrected chi connectivity index (χ0v) is 25.8. The van der Waals surface area contributed by atoms with Gasteiger partial charge in [0.05, 0.1) is 0 Å². The molecule has 9 heteroatoms. The highest BCUT2D eigenvalue weighted by Crippen LogP contribution is 2.27. The minimum atomic E-state index is -0.929. The molecule has 1 atom stereocenters. The Bertz CT molecular complexity index is 1640. The normalized spacial score (nSPS) is 10.7. The Morgan fingerprint density at radius 1 is 0.622 bits per heavy atom. The molecule has 0 N–H and O–H groups in total. The van der Waals surface area contributed by atoms with Gasteiger partial charge in [0, 0.05) is 12.8 Å². The van der Waals surface area contributed by atoms with Gasteiger partial charge in [-0.3, -0.25) is 9.59 Å². The third kappa shape index (κ3) is 10.0. The molecule has 45 heavy (non-hydrogen) atoms. The lowest BCUT2D eigenvalue weighted by molar-refractivity contribution is -0.135. The highest BCUT2D eigenvalue weighted by atomic mass is 31.0. The van der Waals surface area contributed by atoms with E-state index < -0.39 is 17.2 Å². The Balaban J connectivity index is 1.06. The van der Waals surface area contributed by atoms with Gasteiger partial charge in [0.2, 0.25) is 0 Å². The van der Waals surface area contributed by atoms with Crippen molar-refractivity contribution < 1.29 is 32.2 Å². The Labute approximate surface area is 263 Å². The number of hydrogen-bond acceptors (Lipinski definition) is 5. The molecule has 0 aliphatic carbocycles. The third-order valence-electron chi connectivity index (χ3n) is 7.24. The fourth-order valence-corrected chi connectivity index (χ4v) is 5.27. The van der Waals surface area contributed by atoms with Crippen molar-refractivity contribution in [2.45, 2.75) is 57.8 Å². The summed E-state index contributed by atoms with van der Waals surface area (Å²) in [4.78, 5) is 24.5. The third-order valence-corrected chi connectivity index (χ3v) is 7.72. The van der Waals surface area contributed by atoms with E-state index in [9.17, 15) is 22.8 Å². The lowest BCUT2D eigenvalue weighted by atomic mass is 10.0. The molecule has 4 aromatic carbocycles. The Kier molecular flexibility index (Phi) is 12.3. The quantitative estimate of drug-likeness (QED) is 0.0602. The first-order chi connectivity index (χ1) is 21.7. The molecule has 0 amide bonds. The highest BCUT2D eigenvalue weighted by molar-refractivity contribution is 7.28. The van der Waals surface area contributed by atoms with E-state index in [1.54, 1.807) is 48.5 Å². The van der Waals surface area contributed by atoms with E-state index in [2.05, 4.69) is 9.24 Å². The highest BCUT2D eigenvalue weighted by Gasteiger charge is 2.13. The van der Waals surface area contributed by atoms with Crippen LogP contribution in [0, 0.1) is 28.8 Å². The summed E-state index contributed by atoms with van der Waals surface area (Å²) < 4.78 is 51.8. The second kappa shape index (κ2) is 16.6. The zero-order valence-electron chi connectivity index (χ0n) is 24.7. The van der Waals surface area contributed by atoms with Crippen molar-refractivity contribution in [1.82, 2.24) is 0 Å². The average Bonchev–Trinajstić information content (AvgIpc) is 3.01. The number of ether oxygens (including phenoxy) is 2. The second-order valence-corrected chi connectivity index (χ2v) is 11.3. The first-order valence-corrected chi connectivity index (χ1v) is 15.4. The van der Waals surface area contributed by atoms with Crippen LogP contribution in [-0.4, -0.2) is 11.9 Å². The largest absolute Gasteiger partial charge is 0.427 e. The molecule has 0 saturated heterocycles. The van der Waals surface area contributed by atoms with E-state index in [4.69, 9.17) is 14.7 Å². The summed E-state index contributed by atoms with van der Waals surface area (Å²) in [6.07, 6.45) is 6.81. The minimum Gasteiger partial charge on any atom is -0.427 e. The summed E-state index contributed by atoms with van der Waals surface area (Å²) in [5.41, 5.74) is 1.98. The van der Waals surface area contributed by atoms with E-state index >= 15 is 0 Å². The number of halogens is 3. The van der Waals surface area contributed by atoms with Crippen molar-refractivity contribution in [2.75, 3.05) is 0 Å². The van der Waals surface area contributed by atoms with Crippen molar-refractivity contribution in [3.63, 3.8) is 0 Å². The van der Waals surface area contributed by atoms with Crippen LogP contribution in [0.1, 0.15) is 63.4 Å². The fourth-order valence-electron chi connectivity index (χ4n) is 4.85. The van der Waals surface area contributed by atoms with Gasteiger partial charge in [0.1, 0.15) is 40.6 Å². The summed E-state index contributed by atoms with van der Waals surface area (Å²) in [5.74, 6) is -1.97. The topological polar surface area (TPSA) is 76.4 Å². The van der Waals surface area contributed by atoms with Crippen molar-refractivity contribution in [3.05, 3.63) is 102 Å². The van der Waals surface area contributed by atoms with Crippen LogP contribution in [-0.2, 0) is 9.59 Å². The Morgan fingerprint density at radius 3 is 1.64 bits per heavy atom. The predicted molar refractivity (Wildman–Crippen MR) is 171 cm³/mol. The van der Waals surface area contributed by atoms with Gasteiger partial charge in [-0.2, -0.15) is 5.26 Å². The van der Waals surface area contributed by atoms with Crippen LogP contribution in [0.25, 0.3) is 22.3 Å². The molecule has 0 aliphatic heterocycles. The van der Waals surface area contributed by atoms with Crippen LogP contribution in [0.2, 0.25) is 0 Å². The molecule has 232 valence electrons. The van der Waals surface area contributed by atoms with Crippen molar-refractivity contribution in [1.29, 1.82) is 5.26 Å². The molecule has 1 unspecified atom stereocenters. The second-order valence-electron chi connectivity index (χ2n) is 10.6.